The summed E-state index contributed by atoms with van der Waals surface area (Å²) in [6.07, 6.45) is 0.446. The van der Waals surface area contributed by atoms with E-state index in [2.05, 4.69) is 6.58 Å². The van der Waals surface area contributed by atoms with E-state index in [0.29, 0.717) is 17.9 Å². The van der Waals surface area contributed by atoms with Crippen molar-refractivity contribution < 1.29 is 14.1 Å². The third-order valence-corrected chi connectivity index (χ3v) is 2.99. The minimum Gasteiger partial charge on any atom is -0.473 e. The van der Waals surface area contributed by atoms with E-state index in [9.17, 15) is 4.79 Å². The molecule has 1 aliphatic heterocycles. The molecule has 2 rings (SSSR count). The quantitative estimate of drug-likeness (QED) is 0.459. The second-order valence-electron chi connectivity index (χ2n) is 3.70. The fraction of sp³-hybridized carbons (Fsp3) is 0.250. The number of carbonyl (C=O) groups excluding carboxylic acids is 1. The average molecular weight is 236 g/mol. The summed E-state index contributed by atoms with van der Waals surface area (Å²) < 4.78 is 10.6. The van der Waals surface area contributed by atoms with Gasteiger partial charge in [0.25, 0.3) is 0 Å². The lowest BCUT2D eigenvalue weighted by Crippen LogP contribution is -2.18. The van der Waals surface area contributed by atoms with Crippen LogP contribution in [0.15, 0.2) is 30.6 Å². The van der Waals surface area contributed by atoms with Crippen LogP contribution in [0.5, 0.6) is 11.5 Å². The topological polar surface area (TPSA) is 35.5 Å². The van der Waals surface area contributed by atoms with E-state index in [0.717, 1.165) is 5.56 Å². The molecule has 4 heteroatoms. The highest BCUT2D eigenvalue weighted by molar-refractivity contribution is 7.36. The molecule has 3 nitrogen and oxygen atoms in total. The van der Waals surface area contributed by atoms with Gasteiger partial charge in [-0.1, -0.05) is 19.6 Å². The summed E-state index contributed by atoms with van der Waals surface area (Å²) in [5, 5.41) is 0. The van der Waals surface area contributed by atoms with Crippen LogP contribution < -0.4 is 9.26 Å². The fourth-order valence-corrected chi connectivity index (χ4v) is 2.05. The van der Waals surface area contributed by atoms with Gasteiger partial charge in [-0.2, -0.15) is 0 Å². The van der Waals surface area contributed by atoms with Gasteiger partial charge in [-0.05, 0) is 23.4 Å². The van der Waals surface area contributed by atoms with E-state index in [4.69, 9.17) is 9.26 Å². The van der Waals surface area contributed by atoms with Crippen molar-refractivity contribution >= 4 is 14.8 Å². The SMILES string of the molecule is C=CPOc1ccc2c(c1)OC(=O)CC2C. The largest absolute Gasteiger partial charge is 0.473 e. The van der Waals surface area contributed by atoms with Crippen LogP contribution in [-0.2, 0) is 4.79 Å². The van der Waals surface area contributed by atoms with Crippen LogP contribution in [-0.4, -0.2) is 5.97 Å². The molecule has 0 radical (unpaired) electrons. The first-order chi connectivity index (χ1) is 7.70. The highest BCUT2D eigenvalue weighted by atomic mass is 31.1. The van der Waals surface area contributed by atoms with Gasteiger partial charge < -0.3 is 9.26 Å². The minimum atomic E-state index is -0.177. The molecule has 0 saturated heterocycles. The second kappa shape index (κ2) is 4.67. The third-order valence-electron chi connectivity index (χ3n) is 2.47. The monoisotopic (exact) mass is 236 g/mol. The molecule has 0 aromatic heterocycles. The van der Waals surface area contributed by atoms with Gasteiger partial charge in [0.15, 0.2) is 0 Å². The number of fused-ring (bicyclic) bond motifs is 1. The van der Waals surface area contributed by atoms with Gasteiger partial charge in [-0.25, -0.2) is 0 Å². The Morgan fingerprint density at radius 2 is 2.44 bits per heavy atom. The minimum absolute atomic E-state index is 0.177. The predicted molar refractivity (Wildman–Crippen MR) is 64.2 cm³/mol. The molecule has 0 saturated carbocycles. The Bertz CT molecular complexity index is 428. The fourth-order valence-electron chi connectivity index (χ4n) is 1.71. The molecule has 0 amide bonds. The summed E-state index contributed by atoms with van der Waals surface area (Å²) in [6, 6.07) is 5.61. The first kappa shape index (κ1) is 11.2. The van der Waals surface area contributed by atoms with E-state index < -0.39 is 0 Å². The van der Waals surface area contributed by atoms with Crippen LogP contribution in [0.2, 0.25) is 0 Å². The molecule has 1 aromatic rings. The van der Waals surface area contributed by atoms with Gasteiger partial charge >= 0.3 is 5.97 Å². The maximum atomic E-state index is 11.3. The Hall–Kier alpha value is -1.34. The number of carbonyl (C=O) groups is 1. The van der Waals surface area contributed by atoms with Crippen molar-refractivity contribution in [3.63, 3.8) is 0 Å². The van der Waals surface area contributed by atoms with Crippen molar-refractivity contribution in [2.45, 2.75) is 19.3 Å². The standard InChI is InChI=1S/C12H13O3P/c1-3-16-15-9-4-5-10-8(2)6-12(13)14-11(10)7-9/h3-5,7-8,16H,1,6H2,2H3. The van der Waals surface area contributed by atoms with E-state index in [1.165, 1.54) is 0 Å². The third kappa shape index (κ3) is 2.25. The molecule has 0 bridgehead atoms. The zero-order valence-electron chi connectivity index (χ0n) is 9.03. The summed E-state index contributed by atoms with van der Waals surface area (Å²) in [7, 11) is 0.217. The zero-order chi connectivity index (χ0) is 11.5. The number of benzene rings is 1. The number of hydrogen-bond donors (Lipinski definition) is 0. The lowest BCUT2D eigenvalue weighted by atomic mass is 9.95. The molecule has 2 unspecified atom stereocenters. The first-order valence-electron chi connectivity index (χ1n) is 5.08. The highest BCUT2D eigenvalue weighted by Crippen LogP contribution is 2.37. The lowest BCUT2D eigenvalue weighted by Gasteiger charge is -2.21. The average Bonchev–Trinajstić information content (AvgIpc) is 2.25. The number of hydrogen-bond acceptors (Lipinski definition) is 3. The number of ether oxygens (including phenoxy) is 1. The van der Waals surface area contributed by atoms with E-state index in [-0.39, 0.29) is 20.7 Å². The molecule has 0 N–H and O–H groups in total. The molecule has 1 heterocycles. The summed E-state index contributed by atoms with van der Waals surface area (Å²) in [5.41, 5.74) is 1.06. The Morgan fingerprint density at radius 3 is 3.19 bits per heavy atom. The van der Waals surface area contributed by atoms with Crippen LogP contribution >= 0.6 is 8.81 Å². The van der Waals surface area contributed by atoms with Crippen molar-refractivity contribution in [1.29, 1.82) is 0 Å². The molecule has 16 heavy (non-hydrogen) atoms. The number of rotatable bonds is 3. The Balaban J connectivity index is 2.26. The van der Waals surface area contributed by atoms with Crippen LogP contribution in [0.3, 0.4) is 0 Å². The summed E-state index contributed by atoms with van der Waals surface area (Å²) >= 11 is 0. The molecular weight excluding hydrogens is 223 g/mol. The zero-order valence-corrected chi connectivity index (χ0v) is 10.0. The van der Waals surface area contributed by atoms with E-state index >= 15 is 0 Å². The summed E-state index contributed by atoms with van der Waals surface area (Å²) in [4.78, 5) is 11.3. The maximum Gasteiger partial charge on any atom is 0.311 e. The molecule has 1 aliphatic rings. The van der Waals surface area contributed by atoms with Gasteiger partial charge in [0.05, 0.1) is 15.2 Å². The second-order valence-corrected chi connectivity index (χ2v) is 4.55. The van der Waals surface area contributed by atoms with Crippen molar-refractivity contribution in [2.75, 3.05) is 0 Å². The van der Waals surface area contributed by atoms with Crippen molar-refractivity contribution in [2.24, 2.45) is 0 Å². The van der Waals surface area contributed by atoms with Crippen molar-refractivity contribution in [3.05, 3.63) is 36.2 Å². The van der Waals surface area contributed by atoms with E-state index in [1.54, 1.807) is 11.9 Å². The molecule has 2 atom stereocenters. The van der Waals surface area contributed by atoms with Gasteiger partial charge in [-0.3, -0.25) is 4.79 Å². The Labute approximate surface area is 96.3 Å². The molecule has 84 valence electrons. The van der Waals surface area contributed by atoms with Crippen LogP contribution in [0.25, 0.3) is 0 Å². The summed E-state index contributed by atoms with van der Waals surface area (Å²) in [5.74, 6) is 3.07. The lowest BCUT2D eigenvalue weighted by molar-refractivity contribution is -0.135. The van der Waals surface area contributed by atoms with Gasteiger partial charge in [0.2, 0.25) is 0 Å². The highest BCUT2D eigenvalue weighted by Gasteiger charge is 2.23. The first-order valence-corrected chi connectivity index (χ1v) is 6.07. The van der Waals surface area contributed by atoms with Crippen molar-refractivity contribution in [3.8, 4) is 11.5 Å². The molecular formula is C12H13O3P. The molecule has 0 aliphatic carbocycles. The molecule has 0 spiro atoms. The van der Waals surface area contributed by atoms with Crippen LogP contribution in [0.1, 0.15) is 24.8 Å². The van der Waals surface area contributed by atoms with E-state index in [1.807, 2.05) is 19.1 Å². The summed E-state index contributed by atoms with van der Waals surface area (Å²) in [6.45, 7) is 5.61. The Morgan fingerprint density at radius 1 is 1.62 bits per heavy atom. The van der Waals surface area contributed by atoms with Gasteiger partial charge in [0, 0.05) is 6.07 Å². The smallest absolute Gasteiger partial charge is 0.311 e. The maximum absolute atomic E-state index is 11.3. The predicted octanol–water partition coefficient (Wildman–Crippen LogP) is 3.22. The molecule has 0 fully saturated rings. The normalized spacial score (nSPS) is 19.3. The van der Waals surface area contributed by atoms with Gasteiger partial charge in [-0.15, -0.1) is 0 Å². The molecule has 1 aromatic carbocycles. The van der Waals surface area contributed by atoms with Gasteiger partial charge in [0.1, 0.15) is 11.5 Å². The van der Waals surface area contributed by atoms with Crippen LogP contribution in [0.4, 0.5) is 0 Å². The number of esters is 1. The van der Waals surface area contributed by atoms with Crippen LogP contribution in [0, 0.1) is 0 Å². The Kier molecular flexibility index (Phi) is 3.25. The van der Waals surface area contributed by atoms with Crippen molar-refractivity contribution in [1.82, 2.24) is 0 Å².